The highest BCUT2D eigenvalue weighted by molar-refractivity contribution is 5.75. The summed E-state index contributed by atoms with van der Waals surface area (Å²) in [5, 5.41) is 21.2. The summed E-state index contributed by atoms with van der Waals surface area (Å²) in [7, 11) is 0. The maximum absolute atomic E-state index is 11.8. The smallest absolute Gasteiger partial charge is 0.222 e. The van der Waals surface area contributed by atoms with Crippen LogP contribution in [0.1, 0.15) is 42.6 Å². The van der Waals surface area contributed by atoms with Crippen molar-refractivity contribution >= 4 is 5.91 Å². The van der Waals surface area contributed by atoms with Crippen LogP contribution in [0.3, 0.4) is 0 Å². The zero-order valence-corrected chi connectivity index (χ0v) is 11.9. The Morgan fingerprint density at radius 2 is 2.24 bits per heavy atom. The fraction of sp³-hybridized carbons (Fsp3) is 0.615. The second kappa shape index (κ2) is 6.47. The van der Waals surface area contributed by atoms with Gasteiger partial charge in [0.2, 0.25) is 5.91 Å². The third-order valence-electron chi connectivity index (χ3n) is 3.80. The molecule has 3 rings (SSSR count). The predicted octanol–water partition coefficient (Wildman–Crippen LogP) is 0.372. The lowest BCUT2D eigenvalue weighted by atomic mass is 10.1. The molecule has 2 N–H and O–H groups in total. The number of nitrogens with zero attached hydrogens (tertiary/aromatic N) is 5. The third-order valence-corrected chi connectivity index (χ3v) is 3.80. The van der Waals surface area contributed by atoms with Gasteiger partial charge in [-0.1, -0.05) is 6.42 Å². The van der Waals surface area contributed by atoms with Gasteiger partial charge in [-0.2, -0.15) is 5.10 Å². The molecule has 8 nitrogen and oxygen atoms in total. The minimum absolute atomic E-state index is 0.0177. The van der Waals surface area contributed by atoms with E-state index in [0.717, 1.165) is 18.5 Å². The summed E-state index contributed by atoms with van der Waals surface area (Å²) in [5.41, 5.74) is 3.52. The van der Waals surface area contributed by atoms with Crippen LogP contribution in [0, 0.1) is 0 Å². The molecule has 21 heavy (non-hydrogen) atoms. The molecule has 0 atom stereocenters. The van der Waals surface area contributed by atoms with Crippen molar-refractivity contribution < 1.29 is 4.79 Å². The van der Waals surface area contributed by atoms with Crippen molar-refractivity contribution in [1.82, 2.24) is 35.7 Å². The minimum atomic E-state index is -0.0177. The highest BCUT2D eigenvalue weighted by atomic mass is 16.1. The summed E-state index contributed by atoms with van der Waals surface area (Å²) >= 11 is 0. The lowest BCUT2D eigenvalue weighted by Gasteiger charge is -2.05. The van der Waals surface area contributed by atoms with Gasteiger partial charge in [-0.25, -0.2) is 4.68 Å². The fourth-order valence-electron chi connectivity index (χ4n) is 2.64. The summed E-state index contributed by atoms with van der Waals surface area (Å²) in [4.78, 5) is 11.8. The number of carbonyl (C=O) groups is 1. The molecular weight excluding hydrogens is 270 g/mol. The number of aromatic nitrogens is 6. The highest BCUT2D eigenvalue weighted by Gasteiger charge is 2.15. The highest BCUT2D eigenvalue weighted by Crippen LogP contribution is 2.21. The van der Waals surface area contributed by atoms with Crippen LogP contribution in [-0.2, 0) is 30.7 Å². The van der Waals surface area contributed by atoms with Gasteiger partial charge < -0.3 is 5.32 Å². The Morgan fingerprint density at radius 1 is 1.33 bits per heavy atom. The van der Waals surface area contributed by atoms with Gasteiger partial charge in [0.1, 0.15) is 6.33 Å². The summed E-state index contributed by atoms with van der Waals surface area (Å²) in [6.45, 7) is 0.970. The molecule has 0 aromatic carbocycles. The molecule has 0 aliphatic heterocycles. The zero-order valence-electron chi connectivity index (χ0n) is 11.9. The SMILES string of the molecule is O=C(CCn1cnnn1)NCc1n[nH]c2c1CCCCC2. The number of aromatic amines is 1. The number of hydrogen-bond acceptors (Lipinski definition) is 5. The lowest BCUT2D eigenvalue weighted by Crippen LogP contribution is -2.24. The fourth-order valence-corrected chi connectivity index (χ4v) is 2.64. The molecule has 0 radical (unpaired) electrons. The number of H-pyrrole nitrogens is 1. The van der Waals surface area contributed by atoms with Crippen molar-refractivity contribution in [2.45, 2.75) is 51.6 Å². The predicted molar refractivity (Wildman–Crippen MR) is 74.1 cm³/mol. The van der Waals surface area contributed by atoms with Crippen LogP contribution in [0.5, 0.6) is 0 Å². The summed E-state index contributed by atoms with van der Waals surface area (Å²) in [5.74, 6) is -0.0177. The number of rotatable bonds is 5. The van der Waals surface area contributed by atoms with Gasteiger partial charge in [0.05, 0.1) is 18.8 Å². The van der Waals surface area contributed by atoms with Crippen LogP contribution in [0.2, 0.25) is 0 Å². The Balaban J connectivity index is 1.50. The standard InChI is InChI=1S/C13H19N7O/c21-13(6-7-20-9-15-18-19-20)14-8-12-10-4-2-1-3-5-11(10)16-17-12/h9H,1-8H2,(H,14,21)(H,16,17). The van der Waals surface area contributed by atoms with Gasteiger partial charge in [0.15, 0.2) is 0 Å². The molecule has 0 fully saturated rings. The van der Waals surface area contributed by atoms with Crippen molar-refractivity contribution in [3.8, 4) is 0 Å². The van der Waals surface area contributed by atoms with Gasteiger partial charge in [0.25, 0.3) is 0 Å². The van der Waals surface area contributed by atoms with Crippen LogP contribution in [0.25, 0.3) is 0 Å². The molecule has 1 aliphatic rings. The zero-order chi connectivity index (χ0) is 14.5. The van der Waals surface area contributed by atoms with Crippen LogP contribution < -0.4 is 5.32 Å². The molecule has 0 spiro atoms. The van der Waals surface area contributed by atoms with E-state index < -0.39 is 0 Å². The third kappa shape index (κ3) is 3.45. The first kappa shape index (κ1) is 13.7. The van der Waals surface area contributed by atoms with E-state index in [0.29, 0.717) is 19.5 Å². The number of amides is 1. The Kier molecular flexibility index (Phi) is 4.23. The second-order valence-corrected chi connectivity index (χ2v) is 5.29. The van der Waals surface area contributed by atoms with Crippen LogP contribution >= 0.6 is 0 Å². The molecule has 112 valence electrons. The molecule has 0 bridgehead atoms. The van der Waals surface area contributed by atoms with E-state index >= 15 is 0 Å². The normalized spacial score (nSPS) is 14.5. The molecule has 0 unspecified atom stereocenters. The van der Waals surface area contributed by atoms with Crippen molar-refractivity contribution in [2.24, 2.45) is 0 Å². The Morgan fingerprint density at radius 3 is 3.10 bits per heavy atom. The van der Waals surface area contributed by atoms with Gasteiger partial charge >= 0.3 is 0 Å². The number of aryl methyl sites for hydroxylation is 2. The number of nitrogens with one attached hydrogen (secondary N) is 2. The maximum atomic E-state index is 11.8. The molecule has 0 saturated carbocycles. The number of tetrazole rings is 1. The van der Waals surface area contributed by atoms with E-state index in [1.807, 2.05) is 0 Å². The van der Waals surface area contributed by atoms with Crippen LogP contribution in [0.15, 0.2) is 6.33 Å². The van der Waals surface area contributed by atoms with Crippen molar-refractivity contribution in [2.75, 3.05) is 0 Å². The molecule has 1 amide bonds. The first-order valence-corrected chi connectivity index (χ1v) is 7.35. The van der Waals surface area contributed by atoms with E-state index in [9.17, 15) is 4.79 Å². The first-order valence-electron chi connectivity index (χ1n) is 7.35. The molecule has 2 aromatic heterocycles. The van der Waals surface area contributed by atoms with Crippen molar-refractivity contribution in [1.29, 1.82) is 0 Å². The van der Waals surface area contributed by atoms with E-state index in [4.69, 9.17) is 0 Å². The van der Waals surface area contributed by atoms with E-state index in [2.05, 4.69) is 31.0 Å². The monoisotopic (exact) mass is 289 g/mol. The minimum Gasteiger partial charge on any atom is -0.350 e. The average Bonchev–Trinajstić information content (AvgIpc) is 3.08. The molecule has 2 heterocycles. The summed E-state index contributed by atoms with van der Waals surface area (Å²) in [6, 6.07) is 0. The van der Waals surface area contributed by atoms with Gasteiger partial charge in [-0.3, -0.25) is 9.89 Å². The quantitative estimate of drug-likeness (QED) is 0.774. The molecule has 1 aliphatic carbocycles. The van der Waals surface area contributed by atoms with Crippen molar-refractivity contribution in [3.63, 3.8) is 0 Å². The Labute approximate surface area is 122 Å². The summed E-state index contributed by atoms with van der Waals surface area (Å²) < 4.78 is 1.54. The van der Waals surface area contributed by atoms with Gasteiger partial charge in [-0.05, 0) is 41.7 Å². The molecule has 2 aromatic rings. The number of carbonyl (C=O) groups excluding carboxylic acids is 1. The first-order chi connectivity index (χ1) is 10.3. The molecule has 0 saturated heterocycles. The molecule has 8 heteroatoms. The number of fused-ring (bicyclic) bond motifs is 1. The maximum Gasteiger partial charge on any atom is 0.222 e. The number of hydrogen-bond donors (Lipinski definition) is 2. The largest absolute Gasteiger partial charge is 0.350 e. The second-order valence-electron chi connectivity index (χ2n) is 5.29. The molecular formula is C13H19N7O. The van der Waals surface area contributed by atoms with Crippen LogP contribution in [-0.4, -0.2) is 36.3 Å². The van der Waals surface area contributed by atoms with E-state index in [1.165, 1.54) is 36.8 Å². The van der Waals surface area contributed by atoms with Crippen molar-refractivity contribution in [3.05, 3.63) is 23.3 Å². The Hall–Kier alpha value is -2.25. The summed E-state index contributed by atoms with van der Waals surface area (Å²) in [6.07, 6.45) is 7.66. The van der Waals surface area contributed by atoms with E-state index in [1.54, 1.807) is 4.68 Å². The van der Waals surface area contributed by atoms with Crippen LogP contribution in [0.4, 0.5) is 0 Å². The van der Waals surface area contributed by atoms with E-state index in [-0.39, 0.29) is 5.91 Å². The lowest BCUT2D eigenvalue weighted by molar-refractivity contribution is -0.121. The average molecular weight is 289 g/mol. The van der Waals surface area contributed by atoms with Gasteiger partial charge in [-0.15, -0.1) is 5.10 Å². The Bertz CT molecular complexity index is 590. The topological polar surface area (TPSA) is 101 Å². The van der Waals surface area contributed by atoms with Gasteiger partial charge in [0, 0.05) is 12.1 Å².